The molecule has 1 N–H and O–H groups in total. The third-order valence-corrected chi connectivity index (χ3v) is 6.41. The van der Waals surface area contributed by atoms with Crippen LogP contribution >= 0.6 is 0 Å². The highest BCUT2D eigenvalue weighted by atomic mass is 32.2. The number of nitrogens with zero attached hydrogens (tertiary/aromatic N) is 1. The molecule has 0 aliphatic carbocycles. The summed E-state index contributed by atoms with van der Waals surface area (Å²) in [6, 6.07) is 2.52. The van der Waals surface area contributed by atoms with Crippen LogP contribution in [0, 0.1) is 19.8 Å². The maximum atomic E-state index is 13.0. The van der Waals surface area contributed by atoms with Crippen molar-refractivity contribution >= 4 is 15.9 Å². The van der Waals surface area contributed by atoms with Gasteiger partial charge in [0, 0.05) is 13.1 Å². The smallest absolute Gasteiger partial charge is 0.244 e. The van der Waals surface area contributed by atoms with Crippen molar-refractivity contribution in [2.75, 3.05) is 20.2 Å². The molecule has 0 saturated carbocycles. The van der Waals surface area contributed by atoms with E-state index in [0.29, 0.717) is 13.1 Å². The topological polar surface area (TPSA) is 75.7 Å². The van der Waals surface area contributed by atoms with E-state index < -0.39 is 16.1 Å². The second-order valence-electron chi connectivity index (χ2n) is 7.32. The number of hydrogen-bond acceptors (Lipinski definition) is 4. The predicted octanol–water partition coefficient (Wildman–Crippen LogP) is 2.63. The summed E-state index contributed by atoms with van der Waals surface area (Å²) in [6.07, 6.45) is 3.05. The molecular formula is C19H30N2O4S. The summed E-state index contributed by atoms with van der Waals surface area (Å²) in [5.41, 5.74) is 1.81. The summed E-state index contributed by atoms with van der Waals surface area (Å²) in [6.45, 7) is 8.85. The minimum Gasteiger partial charge on any atom is -0.495 e. The number of hydrogen-bond donors (Lipinski definition) is 1. The molecule has 0 bridgehead atoms. The second-order valence-corrected chi connectivity index (χ2v) is 9.00. The fourth-order valence-electron chi connectivity index (χ4n) is 3.15. The van der Waals surface area contributed by atoms with Crippen LogP contribution in [-0.2, 0) is 14.8 Å². The Morgan fingerprint density at radius 1 is 1.12 bits per heavy atom. The summed E-state index contributed by atoms with van der Waals surface area (Å²) in [7, 11) is -2.45. The average molecular weight is 383 g/mol. The van der Waals surface area contributed by atoms with Crippen molar-refractivity contribution in [1.82, 2.24) is 9.62 Å². The number of benzene rings is 1. The van der Waals surface area contributed by atoms with Gasteiger partial charge >= 0.3 is 0 Å². The van der Waals surface area contributed by atoms with Crippen molar-refractivity contribution in [1.29, 1.82) is 0 Å². The van der Waals surface area contributed by atoms with Gasteiger partial charge in [-0.1, -0.05) is 13.8 Å². The Balaban J connectivity index is 2.32. The molecule has 26 heavy (non-hydrogen) atoms. The Kier molecular flexibility index (Phi) is 6.69. The zero-order chi connectivity index (χ0) is 19.5. The standard InChI is InChI=1S/C19H30N2O4S/c1-13(2)18(19(22)21-9-7-6-8-10-21)20-26(23,24)17-12-15(4)14(3)11-16(17)25-5/h11-13,18,20H,6-10H2,1-5H3/t18-/m1/s1. The molecule has 1 aliphatic rings. The molecule has 0 radical (unpaired) electrons. The number of sulfonamides is 1. The molecule has 2 rings (SSSR count). The molecule has 0 spiro atoms. The Bertz CT molecular complexity index is 753. The number of rotatable bonds is 6. The number of methoxy groups -OCH3 is 1. The van der Waals surface area contributed by atoms with Gasteiger partial charge in [0.1, 0.15) is 16.7 Å². The Morgan fingerprint density at radius 3 is 2.23 bits per heavy atom. The van der Waals surface area contributed by atoms with Gasteiger partial charge in [0.25, 0.3) is 0 Å². The van der Waals surface area contributed by atoms with Crippen molar-refractivity contribution in [3.05, 3.63) is 23.3 Å². The fourth-order valence-corrected chi connectivity index (χ4v) is 4.72. The molecule has 6 nitrogen and oxygen atoms in total. The number of nitrogens with one attached hydrogen (secondary N) is 1. The van der Waals surface area contributed by atoms with Gasteiger partial charge < -0.3 is 9.64 Å². The quantitative estimate of drug-likeness (QED) is 0.821. The SMILES string of the molecule is COc1cc(C)c(C)cc1S(=O)(=O)N[C@@H](C(=O)N1CCCCC1)C(C)C. The van der Waals surface area contributed by atoms with E-state index in [2.05, 4.69) is 4.72 Å². The first-order valence-corrected chi connectivity index (χ1v) is 10.6. The van der Waals surface area contributed by atoms with Gasteiger partial charge in [-0.25, -0.2) is 8.42 Å². The zero-order valence-corrected chi connectivity index (χ0v) is 17.1. The normalized spacial score (nSPS) is 16.6. The molecule has 1 aliphatic heterocycles. The number of piperidine rings is 1. The van der Waals surface area contributed by atoms with Gasteiger partial charge in [0.15, 0.2) is 0 Å². The first-order chi connectivity index (χ1) is 12.2. The van der Waals surface area contributed by atoms with Crippen molar-refractivity contribution in [2.24, 2.45) is 5.92 Å². The van der Waals surface area contributed by atoms with Gasteiger partial charge in [-0.2, -0.15) is 4.72 Å². The van der Waals surface area contributed by atoms with E-state index in [-0.39, 0.29) is 22.5 Å². The largest absolute Gasteiger partial charge is 0.495 e. The van der Waals surface area contributed by atoms with Crippen LogP contribution in [0.25, 0.3) is 0 Å². The van der Waals surface area contributed by atoms with E-state index in [1.165, 1.54) is 7.11 Å². The minimum absolute atomic E-state index is 0.0696. The second kappa shape index (κ2) is 8.39. The third-order valence-electron chi connectivity index (χ3n) is 4.95. The lowest BCUT2D eigenvalue weighted by Crippen LogP contribution is -2.52. The van der Waals surface area contributed by atoms with E-state index in [1.54, 1.807) is 17.0 Å². The number of carbonyl (C=O) groups excluding carboxylic acids is 1. The van der Waals surface area contributed by atoms with Gasteiger partial charge in [-0.15, -0.1) is 0 Å². The Morgan fingerprint density at radius 2 is 1.69 bits per heavy atom. The van der Waals surface area contributed by atoms with E-state index in [0.717, 1.165) is 30.4 Å². The van der Waals surface area contributed by atoms with Gasteiger partial charge in [-0.05, 0) is 62.3 Å². The Labute approximate surface area is 157 Å². The molecule has 1 fully saturated rings. The average Bonchev–Trinajstić information content (AvgIpc) is 2.61. The Hall–Kier alpha value is -1.60. The first-order valence-electron chi connectivity index (χ1n) is 9.13. The predicted molar refractivity (Wildman–Crippen MR) is 102 cm³/mol. The van der Waals surface area contributed by atoms with Crippen molar-refractivity contribution in [3.63, 3.8) is 0 Å². The minimum atomic E-state index is -3.89. The molecule has 0 unspecified atom stereocenters. The highest BCUT2D eigenvalue weighted by Gasteiger charge is 2.33. The van der Waals surface area contributed by atoms with E-state index in [4.69, 9.17) is 4.74 Å². The molecule has 1 amide bonds. The molecule has 0 aromatic heterocycles. The molecule has 7 heteroatoms. The summed E-state index contributed by atoms with van der Waals surface area (Å²) in [4.78, 5) is 14.7. The van der Waals surface area contributed by atoms with Gasteiger partial charge in [0.05, 0.1) is 7.11 Å². The van der Waals surface area contributed by atoms with Crippen molar-refractivity contribution in [2.45, 2.75) is 57.9 Å². The van der Waals surface area contributed by atoms with Crippen molar-refractivity contribution in [3.8, 4) is 5.75 Å². The van der Waals surface area contributed by atoms with Crippen molar-refractivity contribution < 1.29 is 17.9 Å². The lowest BCUT2D eigenvalue weighted by atomic mass is 10.0. The number of aryl methyl sites for hydroxylation is 2. The summed E-state index contributed by atoms with van der Waals surface area (Å²) in [5.74, 6) is -0.0173. The molecule has 1 atom stereocenters. The maximum Gasteiger partial charge on any atom is 0.244 e. The highest BCUT2D eigenvalue weighted by Crippen LogP contribution is 2.28. The first kappa shape index (κ1) is 20.7. The van der Waals surface area contributed by atoms with E-state index in [9.17, 15) is 13.2 Å². The van der Waals surface area contributed by atoms with Crippen LogP contribution in [0.5, 0.6) is 5.75 Å². The van der Waals surface area contributed by atoms with Crippen LogP contribution in [0.4, 0.5) is 0 Å². The molecule has 1 aromatic rings. The lowest BCUT2D eigenvalue weighted by molar-refractivity contribution is -0.134. The third kappa shape index (κ3) is 4.57. The molecule has 1 aromatic carbocycles. The highest BCUT2D eigenvalue weighted by molar-refractivity contribution is 7.89. The number of carbonyl (C=O) groups is 1. The van der Waals surface area contributed by atoms with Crippen LogP contribution in [0.1, 0.15) is 44.2 Å². The molecule has 1 heterocycles. The summed E-state index contributed by atoms with van der Waals surface area (Å²) in [5, 5.41) is 0. The number of amides is 1. The monoisotopic (exact) mass is 382 g/mol. The van der Waals surface area contributed by atoms with Gasteiger partial charge in [-0.3, -0.25) is 4.79 Å². The van der Waals surface area contributed by atoms with E-state index in [1.807, 2.05) is 27.7 Å². The van der Waals surface area contributed by atoms with Crippen LogP contribution in [-0.4, -0.2) is 45.5 Å². The van der Waals surface area contributed by atoms with Crippen LogP contribution in [0.2, 0.25) is 0 Å². The van der Waals surface area contributed by atoms with Crippen LogP contribution in [0.15, 0.2) is 17.0 Å². The summed E-state index contributed by atoms with van der Waals surface area (Å²) >= 11 is 0. The molecule has 1 saturated heterocycles. The van der Waals surface area contributed by atoms with E-state index >= 15 is 0 Å². The fraction of sp³-hybridized carbons (Fsp3) is 0.632. The summed E-state index contributed by atoms with van der Waals surface area (Å²) < 4.78 is 33.9. The molecular weight excluding hydrogens is 352 g/mol. The van der Waals surface area contributed by atoms with Gasteiger partial charge in [0.2, 0.25) is 15.9 Å². The van der Waals surface area contributed by atoms with Crippen LogP contribution < -0.4 is 9.46 Å². The molecule has 146 valence electrons. The lowest BCUT2D eigenvalue weighted by Gasteiger charge is -2.32. The zero-order valence-electron chi connectivity index (χ0n) is 16.3. The maximum absolute atomic E-state index is 13.0. The van der Waals surface area contributed by atoms with Crippen LogP contribution in [0.3, 0.4) is 0 Å². The number of likely N-dealkylation sites (tertiary alicyclic amines) is 1. The number of ether oxygens (including phenoxy) is 1.